The van der Waals surface area contributed by atoms with Crippen molar-refractivity contribution in [2.24, 2.45) is 0 Å². The smallest absolute Gasteiger partial charge is 0.342 e. The Morgan fingerprint density at radius 1 is 1.12 bits per heavy atom. The van der Waals surface area contributed by atoms with Gasteiger partial charge < -0.3 is 39.0 Å². The van der Waals surface area contributed by atoms with Gasteiger partial charge in [-0.15, -0.1) is 0 Å². The number of hydrogen-bond acceptors (Lipinski definition) is 9. The van der Waals surface area contributed by atoms with Crippen LogP contribution in [0.2, 0.25) is 5.02 Å². The lowest BCUT2D eigenvalue weighted by Gasteiger charge is -2.40. The molecule has 5 atom stereocenters. The molecule has 0 saturated carbocycles. The molecule has 0 spiro atoms. The lowest BCUT2D eigenvalue weighted by atomic mass is 9.99. The summed E-state index contributed by atoms with van der Waals surface area (Å²) in [6, 6.07) is 11.0. The van der Waals surface area contributed by atoms with Gasteiger partial charge in [0, 0.05) is 13.2 Å². The van der Waals surface area contributed by atoms with Gasteiger partial charge >= 0.3 is 5.97 Å². The van der Waals surface area contributed by atoms with Gasteiger partial charge in [-0.1, -0.05) is 41.9 Å². The highest BCUT2D eigenvalue weighted by Gasteiger charge is 2.47. The lowest BCUT2D eigenvalue weighted by Crippen LogP contribution is -2.60. The molecule has 0 aromatic heterocycles. The maximum atomic E-state index is 13.1. The highest BCUT2D eigenvalue weighted by atomic mass is 35.5. The molecule has 0 aliphatic carbocycles. The number of ether oxygens (including phenoxy) is 5. The van der Waals surface area contributed by atoms with E-state index in [0.717, 1.165) is 5.56 Å². The number of carbonyl (C=O) groups is 1. The number of hydrogen-bond donors (Lipinski definition) is 3. The zero-order chi connectivity index (χ0) is 24.1. The molecule has 2 aromatic rings. The second-order valence-corrected chi connectivity index (χ2v) is 7.86. The molecule has 1 fully saturated rings. The molecule has 0 bridgehead atoms. The number of halogens is 1. The molecule has 10 heteroatoms. The van der Waals surface area contributed by atoms with Crippen LogP contribution in [0.1, 0.15) is 21.5 Å². The Bertz CT molecular complexity index is 951. The van der Waals surface area contributed by atoms with Crippen LogP contribution in [0.3, 0.4) is 0 Å². The first kappa shape index (κ1) is 25.2. The van der Waals surface area contributed by atoms with Gasteiger partial charge in [0.2, 0.25) is 0 Å². The summed E-state index contributed by atoms with van der Waals surface area (Å²) >= 11 is 6.47. The molecule has 1 aliphatic rings. The highest BCUT2D eigenvalue weighted by Crippen LogP contribution is 2.38. The van der Waals surface area contributed by atoms with Crippen molar-refractivity contribution in [2.45, 2.75) is 44.2 Å². The molecule has 0 amide bonds. The summed E-state index contributed by atoms with van der Waals surface area (Å²) in [6.07, 6.45) is -6.71. The largest absolute Gasteiger partial charge is 0.496 e. The van der Waals surface area contributed by atoms with Crippen LogP contribution in [0.4, 0.5) is 0 Å². The Morgan fingerprint density at radius 3 is 2.42 bits per heavy atom. The third kappa shape index (κ3) is 5.40. The summed E-state index contributed by atoms with van der Waals surface area (Å²) in [6.45, 7) is 1.32. The second-order valence-electron chi connectivity index (χ2n) is 7.48. The minimum atomic E-state index is -1.56. The van der Waals surface area contributed by atoms with Crippen LogP contribution >= 0.6 is 11.6 Å². The number of esters is 1. The minimum Gasteiger partial charge on any atom is -0.496 e. The zero-order valence-corrected chi connectivity index (χ0v) is 19.2. The van der Waals surface area contributed by atoms with E-state index in [4.69, 9.17) is 35.3 Å². The molecular formula is C23H27ClO9. The van der Waals surface area contributed by atoms with E-state index in [-0.39, 0.29) is 22.9 Å². The highest BCUT2D eigenvalue weighted by molar-refractivity contribution is 6.33. The van der Waals surface area contributed by atoms with Crippen molar-refractivity contribution in [3.8, 4) is 11.5 Å². The quantitative estimate of drug-likeness (QED) is 0.483. The van der Waals surface area contributed by atoms with E-state index in [0.29, 0.717) is 11.3 Å². The van der Waals surface area contributed by atoms with E-state index < -0.39 is 43.3 Å². The van der Waals surface area contributed by atoms with Gasteiger partial charge in [-0.25, -0.2) is 4.79 Å². The summed E-state index contributed by atoms with van der Waals surface area (Å²) < 4.78 is 27.2. The van der Waals surface area contributed by atoms with Crippen molar-refractivity contribution in [3.63, 3.8) is 0 Å². The standard InChI is InChI=1S/C23H27ClO9/c1-12-17(22(28)33-21-20(27)19(26)16(10-25)32-23(21)30-3)14(29-2)9-15(18(12)24)31-11-13-7-5-4-6-8-13/h4-9,16,19-21,23,25-27H,10-11H2,1-3H3/t16-,19-,20+,21-,23+/m1/s1. The molecule has 1 aliphatic heterocycles. The van der Waals surface area contributed by atoms with E-state index >= 15 is 0 Å². The Hall–Kier alpha value is -2.40. The first-order valence-electron chi connectivity index (χ1n) is 10.2. The topological polar surface area (TPSA) is 124 Å². The van der Waals surface area contributed by atoms with Gasteiger partial charge in [-0.3, -0.25) is 0 Å². The summed E-state index contributed by atoms with van der Waals surface area (Å²) in [7, 11) is 2.67. The van der Waals surface area contributed by atoms with Gasteiger partial charge in [-0.2, -0.15) is 0 Å². The third-order valence-corrected chi connectivity index (χ3v) is 5.86. The Kier molecular flexibility index (Phi) is 8.52. The molecule has 1 heterocycles. The summed E-state index contributed by atoms with van der Waals surface area (Å²) in [4.78, 5) is 13.1. The van der Waals surface area contributed by atoms with Crippen molar-refractivity contribution < 1.29 is 43.8 Å². The maximum Gasteiger partial charge on any atom is 0.342 e. The van der Waals surface area contributed by atoms with Crippen molar-refractivity contribution in [2.75, 3.05) is 20.8 Å². The number of benzene rings is 2. The Labute approximate surface area is 196 Å². The first-order chi connectivity index (χ1) is 15.8. The monoisotopic (exact) mass is 482 g/mol. The molecule has 0 unspecified atom stereocenters. The van der Waals surface area contributed by atoms with E-state index in [1.807, 2.05) is 30.3 Å². The molecule has 33 heavy (non-hydrogen) atoms. The molecule has 180 valence electrons. The average molecular weight is 483 g/mol. The number of rotatable bonds is 8. The van der Waals surface area contributed by atoms with Crippen molar-refractivity contribution in [1.82, 2.24) is 0 Å². The molecule has 9 nitrogen and oxygen atoms in total. The molecule has 2 aromatic carbocycles. The van der Waals surface area contributed by atoms with Crippen LogP contribution in [0.25, 0.3) is 0 Å². The zero-order valence-electron chi connectivity index (χ0n) is 18.4. The van der Waals surface area contributed by atoms with E-state index in [1.165, 1.54) is 20.3 Å². The molecule has 1 saturated heterocycles. The second kappa shape index (κ2) is 11.1. The number of methoxy groups -OCH3 is 2. The Balaban J connectivity index is 1.84. The molecule has 0 radical (unpaired) electrons. The van der Waals surface area contributed by atoms with Crippen LogP contribution < -0.4 is 9.47 Å². The van der Waals surface area contributed by atoms with Crippen LogP contribution in [-0.4, -0.2) is 72.8 Å². The third-order valence-electron chi connectivity index (χ3n) is 5.39. The minimum absolute atomic E-state index is 0.0235. The Morgan fingerprint density at radius 2 is 1.82 bits per heavy atom. The fraction of sp³-hybridized carbons (Fsp3) is 0.435. The first-order valence-corrected chi connectivity index (χ1v) is 10.6. The van der Waals surface area contributed by atoms with Crippen LogP contribution in [-0.2, 0) is 20.8 Å². The number of carbonyl (C=O) groups excluding carboxylic acids is 1. The van der Waals surface area contributed by atoms with Crippen LogP contribution in [0.5, 0.6) is 11.5 Å². The molecular weight excluding hydrogens is 456 g/mol. The molecule has 3 N–H and O–H groups in total. The average Bonchev–Trinajstić information content (AvgIpc) is 2.83. The van der Waals surface area contributed by atoms with E-state index in [1.54, 1.807) is 6.92 Å². The summed E-state index contributed by atoms with van der Waals surface area (Å²) in [5.41, 5.74) is 1.30. The fourth-order valence-corrected chi connectivity index (χ4v) is 3.75. The van der Waals surface area contributed by atoms with E-state index in [9.17, 15) is 20.1 Å². The maximum absolute atomic E-state index is 13.1. The van der Waals surface area contributed by atoms with Gasteiger partial charge in [0.15, 0.2) is 12.4 Å². The van der Waals surface area contributed by atoms with Crippen molar-refractivity contribution in [3.05, 3.63) is 58.1 Å². The predicted molar refractivity (Wildman–Crippen MR) is 117 cm³/mol. The van der Waals surface area contributed by atoms with Crippen molar-refractivity contribution >= 4 is 17.6 Å². The van der Waals surface area contributed by atoms with Gasteiger partial charge in [-0.05, 0) is 18.1 Å². The fourth-order valence-electron chi connectivity index (χ4n) is 3.54. The van der Waals surface area contributed by atoms with Crippen molar-refractivity contribution in [1.29, 1.82) is 0 Å². The summed E-state index contributed by atoms with van der Waals surface area (Å²) in [5.74, 6) is -0.396. The summed E-state index contributed by atoms with van der Waals surface area (Å²) in [5, 5.41) is 30.1. The van der Waals surface area contributed by atoms with Gasteiger partial charge in [0.25, 0.3) is 0 Å². The predicted octanol–water partition coefficient (Wildman–Crippen LogP) is 1.85. The number of aliphatic hydroxyl groups excluding tert-OH is 3. The van der Waals surface area contributed by atoms with E-state index in [2.05, 4.69) is 0 Å². The van der Waals surface area contributed by atoms with Crippen LogP contribution in [0.15, 0.2) is 36.4 Å². The normalized spacial score (nSPS) is 24.9. The van der Waals surface area contributed by atoms with Gasteiger partial charge in [0.1, 0.15) is 42.0 Å². The van der Waals surface area contributed by atoms with Gasteiger partial charge in [0.05, 0.1) is 18.7 Å². The SMILES string of the molecule is COc1cc(OCc2ccccc2)c(Cl)c(C)c1C(=O)O[C@H]1[C@@H](OC)O[C@H](CO)[C@@H](O)[C@@H]1O. The lowest BCUT2D eigenvalue weighted by molar-refractivity contribution is -0.293. The van der Waals surface area contributed by atoms with Crippen LogP contribution in [0, 0.1) is 6.92 Å². The number of aliphatic hydroxyl groups is 3. The molecule has 3 rings (SSSR count).